The first-order valence-corrected chi connectivity index (χ1v) is 23.2. The van der Waals surface area contributed by atoms with Crippen LogP contribution >= 0.6 is 0 Å². The minimum absolute atomic E-state index is 0.401. The molecule has 8 aromatic rings. The third-order valence-corrected chi connectivity index (χ3v) is 13.3. The summed E-state index contributed by atoms with van der Waals surface area (Å²) in [6.45, 7) is 15.0. The Morgan fingerprint density at radius 2 is 1.12 bits per heavy atom. The molecule has 11 rings (SSSR count). The molecular weight excluding hydrogens is 781 g/mol. The summed E-state index contributed by atoms with van der Waals surface area (Å²) in [6.07, 6.45) is 16.6. The quantitative estimate of drug-likeness (QED) is 0.162. The summed E-state index contributed by atoms with van der Waals surface area (Å²) in [5.74, 6) is 0.401. The summed E-state index contributed by atoms with van der Waals surface area (Å²) >= 11 is 0. The standard InChI is InChI=1S/C23H20.C22H22.C20H16/c1-17-11-16-22(23-10-6-5-9-21(17)23)20-14-12-19(13-15-20)18-7-3-2-4-8-18;1-5-6-10-20-16(3)17(4)21-12-11-19(14-22(20)21)18-9-7-8-15(2)13-18;1-14-5-4-7-15(11-14)16-9-10-18-12-17-6-2-3-8-19(17)20(18)13-16/h3,5-16H,2,4H2,1H3;5-14,17H,3H2,1-2,4H3;2-11,13H,12H2,1H3/b;6-5-,20-10+;. The van der Waals surface area contributed by atoms with Gasteiger partial charge in [0, 0.05) is 5.92 Å². The fourth-order valence-corrected chi connectivity index (χ4v) is 9.65. The predicted molar refractivity (Wildman–Crippen MR) is 282 cm³/mol. The van der Waals surface area contributed by atoms with Crippen molar-refractivity contribution in [3.8, 4) is 44.5 Å². The third-order valence-electron chi connectivity index (χ3n) is 13.3. The van der Waals surface area contributed by atoms with Gasteiger partial charge >= 0.3 is 0 Å². The zero-order valence-electron chi connectivity index (χ0n) is 38.5. The predicted octanol–water partition coefficient (Wildman–Crippen LogP) is 18.1. The Kier molecular flexibility index (Phi) is 12.7. The van der Waals surface area contributed by atoms with Gasteiger partial charge in [0.15, 0.2) is 0 Å². The largest absolute Gasteiger partial charge is 0.0946 e. The molecule has 3 aliphatic rings. The van der Waals surface area contributed by atoms with Gasteiger partial charge in [0.2, 0.25) is 0 Å². The fourth-order valence-electron chi connectivity index (χ4n) is 9.65. The van der Waals surface area contributed by atoms with Crippen LogP contribution in [0.2, 0.25) is 0 Å². The molecule has 0 spiro atoms. The van der Waals surface area contributed by atoms with Gasteiger partial charge in [-0.15, -0.1) is 0 Å². The van der Waals surface area contributed by atoms with Crippen LogP contribution in [0.4, 0.5) is 0 Å². The number of aryl methyl sites for hydroxylation is 3. The van der Waals surface area contributed by atoms with Gasteiger partial charge in [0.05, 0.1) is 0 Å². The molecule has 0 fully saturated rings. The summed E-state index contributed by atoms with van der Waals surface area (Å²) in [5.41, 5.74) is 25.2. The van der Waals surface area contributed by atoms with E-state index in [2.05, 4.69) is 241 Å². The van der Waals surface area contributed by atoms with Crippen molar-refractivity contribution >= 4 is 21.9 Å². The topological polar surface area (TPSA) is 0 Å². The van der Waals surface area contributed by atoms with E-state index in [-0.39, 0.29) is 0 Å². The van der Waals surface area contributed by atoms with Gasteiger partial charge in [-0.1, -0.05) is 219 Å². The van der Waals surface area contributed by atoms with Crippen LogP contribution in [-0.4, -0.2) is 0 Å². The average molecular weight is 839 g/mol. The molecule has 1 unspecified atom stereocenters. The van der Waals surface area contributed by atoms with Gasteiger partial charge in [0.1, 0.15) is 0 Å². The summed E-state index contributed by atoms with van der Waals surface area (Å²) < 4.78 is 0. The molecule has 0 saturated carbocycles. The molecule has 0 nitrogen and oxygen atoms in total. The van der Waals surface area contributed by atoms with Crippen LogP contribution in [0.15, 0.2) is 218 Å². The molecule has 0 N–H and O–H groups in total. The Bertz CT molecular complexity index is 3180. The van der Waals surface area contributed by atoms with Crippen LogP contribution in [-0.2, 0) is 6.42 Å². The van der Waals surface area contributed by atoms with E-state index in [0.717, 1.165) is 19.3 Å². The lowest BCUT2D eigenvalue weighted by Crippen LogP contribution is -1.88. The highest BCUT2D eigenvalue weighted by atomic mass is 14.3. The minimum Gasteiger partial charge on any atom is -0.0946 e. The lowest BCUT2D eigenvalue weighted by atomic mass is 9.93. The van der Waals surface area contributed by atoms with Crippen molar-refractivity contribution in [2.75, 3.05) is 0 Å². The first kappa shape index (κ1) is 43.0. The van der Waals surface area contributed by atoms with E-state index in [9.17, 15) is 0 Å². The highest BCUT2D eigenvalue weighted by Gasteiger charge is 2.27. The van der Waals surface area contributed by atoms with E-state index < -0.39 is 0 Å². The Hall–Kier alpha value is -7.28. The molecule has 0 amide bonds. The van der Waals surface area contributed by atoms with Crippen molar-refractivity contribution in [1.29, 1.82) is 0 Å². The molecule has 0 bridgehead atoms. The highest BCUT2D eigenvalue weighted by Crippen LogP contribution is 2.46. The molecule has 8 aromatic carbocycles. The first-order chi connectivity index (χ1) is 31.7. The van der Waals surface area contributed by atoms with Crippen LogP contribution in [0.5, 0.6) is 0 Å². The van der Waals surface area contributed by atoms with E-state index in [4.69, 9.17) is 0 Å². The summed E-state index contributed by atoms with van der Waals surface area (Å²) in [6, 6.07) is 61.9. The van der Waals surface area contributed by atoms with Crippen molar-refractivity contribution in [1.82, 2.24) is 0 Å². The monoisotopic (exact) mass is 838 g/mol. The first-order valence-electron chi connectivity index (χ1n) is 23.2. The smallest absolute Gasteiger partial charge is 0.00674 e. The van der Waals surface area contributed by atoms with E-state index in [1.54, 1.807) is 0 Å². The van der Waals surface area contributed by atoms with Gasteiger partial charge in [-0.3, -0.25) is 0 Å². The summed E-state index contributed by atoms with van der Waals surface area (Å²) in [4.78, 5) is 0. The van der Waals surface area contributed by atoms with Crippen molar-refractivity contribution in [3.63, 3.8) is 0 Å². The molecule has 3 aliphatic carbocycles. The molecular formula is C65H58. The van der Waals surface area contributed by atoms with Crippen molar-refractivity contribution in [3.05, 3.63) is 263 Å². The fraction of sp³-hybridized carbons (Fsp3) is 0.138. The number of hydrogen-bond acceptors (Lipinski definition) is 0. The molecule has 0 radical (unpaired) electrons. The average Bonchev–Trinajstić information content (AvgIpc) is 3.84. The van der Waals surface area contributed by atoms with Gasteiger partial charge in [0.25, 0.3) is 0 Å². The second-order valence-corrected chi connectivity index (χ2v) is 17.8. The van der Waals surface area contributed by atoms with E-state index in [0.29, 0.717) is 5.92 Å². The molecule has 1 atom stereocenters. The maximum absolute atomic E-state index is 4.30. The lowest BCUT2D eigenvalue weighted by Gasteiger charge is -2.11. The Morgan fingerprint density at radius 1 is 0.508 bits per heavy atom. The normalized spacial score (nSPS) is 15.2. The second kappa shape index (κ2) is 19.2. The number of hydrogen-bond donors (Lipinski definition) is 0. The van der Waals surface area contributed by atoms with Gasteiger partial charge in [-0.2, -0.15) is 0 Å². The summed E-state index contributed by atoms with van der Waals surface area (Å²) in [5, 5.41) is 2.67. The molecule has 318 valence electrons. The number of allylic oxidation sites excluding steroid dienone is 9. The van der Waals surface area contributed by atoms with Crippen molar-refractivity contribution in [2.24, 2.45) is 0 Å². The van der Waals surface area contributed by atoms with Crippen molar-refractivity contribution in [2.45, 2.75) is 59.8 Å². The SMILES string of the molecule is C=C1/C(=C\C=C/C)c2cc(-c3cccc(C)c3)ccc2C1C.Cc1ccc(-c2ccc(C3=CCCC=C3)cc2)c2ccccc12.Cc1cccc(-c2ccc3c(c2)-c2ccccc2C3)c1. The number of rotatable bonds is 5. The highest BCUT2D eigenvalue weighted by molar-refractivity contribution is 5.98. The third kappa shape index (κ3) is 9.22. The Morgan fingerprint density at radius 3 is 1.82 bits per heavy atom. The molecule has 65 heavy (non-hydrogen) atoms. The van der Waals surface area contributed by atoms with E-state index >= 15 is 0 Å². The van der Waals surface area contributed by atoms with Gasteiger partial charge in [-0.25, -0.2) is 0 Å². The number of benzene rings is 8. The molecule has 0 heterocycles. The van der Waals surface area contributed by atoms with E-state index in [1.807, 2.05) is 6.92 Å². The zero-order valence-corrected chi connectivity index (χ0v) is 38.5. The van der Waals surface area contributed by atoms with Crippen LogP contribution < -0.4 is 0 Å². The van der Waals surface area contributed by atoms with Crippen LogP contribution in [0, 0.1) is 20.8 Å². The van der Waals surface area contributed by atoms with Gasteiger partial charge in [-0.05, 0) is 164 Å². The van der Waals surface area contributed by atoms with Crippen LogP contribution in [0.25, 0.3) is 66.4 Å². The lowest BCUT2D eigenvalue weighted by molar-refractivity contribution is 0.963. The molecule has 0 saturated heterocycles. The maximum Gasteiger partial charge on any atom is 0.00674 e. The van der Waals surface area contributed by atoms with Crippen LogP contribution in [0.1, 0.15) is 77.1 Å². The molecule has 0 heteroatoms. The summed E-state index contributed by atoms with van der Waals surface area (Å²) in [7, 11) is 0. The second-order valence-electron chi connectivity index (χ2n) is 17.8. The zero-order chi connectivity index (χ0) is 44.9. The number of fused-ring (bicyclic) bond motifs is 5. The maximum atomic E-state index is 4.30. The van der Waals surface area contributed by atoms with Crippen LogP contribution in [0.3, 0.4) is 0 Å². The molecule has 0 aromatic heterocycles. The van der Waals surface area contributed by atoms with Crippen molar-refractivity contribution < 1.29 is 0 Å². The molecule has 0 aliphatic heterocycles. The van der Waals surface area contributed by atoms with E-state index in [1.165, 1.54) is 117 Å². The Labute approximate surface area is 387 Å². The Balaban J connectivity index is 0.000000123. The van der Waals surface area contributed by atoms with Gasteiger partial charge < -0.3 is 0 Å². The minimum atomic E-state index is 0.401.